The first-order valence-electron chi connectivity index (χ1n) is 8.61. The smallest absolute Gasteiger partial charge is 0.243 e. The van der Waals surface area contributed by atoms with Crippen LogP contribution in [0.1, 0.15) is 84.0 Å². The molecule has 0 atom stereocenters. The molecular formula is C20H29NO2. The van der Waals surface area contributed by atoms with Crippen LogP contribution in [0.25, 0.3) is 0 Å². The molecule has 1 amide bonds. The fraction of sp³-hybridized carbons (Fsp3) is 0.650. The molecule has 0 rings (SSSR count). The number of carbonyl (C=O) groups is 1. The number of hydroxylamine groups is 1. The molecule has 0 fully saturated rings. The van der Waals surface area contributed by atoms with Crippen molar-refractivity contribution in [3.63, 3.8) is 0 Å². The molecule has 0 aromatic heterocycles. The lowest BCUT2D eigenvalue weighted by Gasteiger charge is -1.96. The molecule has 3 nitrogen and oxygen atoms in total. The molecular weight excluding hydrogens is 286 g/mol. The van der Waals surface area contributed by atoms with Gasteiger partial charge in [0, 0.05) is 19.3 Å². The summed E-state index contributed by atoms with van der Waals surface area (Å²) in [6, 6.07) is 0. The lowest BCUT2D eigenvalue weighted by molar-refractivity contribution is -0.129. The maximum Gasteiger partial charge on any atom is 0.243 e. The zero-order valence-corrected chi connectivity index (χ0v) is 14.3. The van der Waals surface area contributed by atoms with Crippen LogP contribution < -0.4 is 5.48 Å². The average molecular weight is 315 g/mol. The number of carbonyl (C=O) groups excluding carboxylic acids is 1. The van der Waals surface area contributed by atoms with Crippen LogP contribution in [-0.4, -0.2) is 11.1 Å². The molecule has 0 aromatic rings. The molecule has 0 aromatic carbocycles. The van der Waals surface area contributed by atoms with Gasteiger partial charge in [-0.15, -0.1) is 11.8 Å². The van der Waals surface area contributed by atoms with Crippen molar-refractivity contribution >= 4 is 5.91 Å². The Labute approximate surface area is 141 Å². The van der Waals surface area contributed by atoms with Crippen LogP contribution in [0.5, 0.6) is 0 Å². The summed E-state index contributed by atoms with van der Waals surface area (Å²) in [5.74, 6) is 17.7. The monoisotopic (exact) mass is 315 g/mol. The Morgan fingerprint density at radius 1 is 0.783 bits per heavy atom. The van der Waals surface area contributed by atoms with Crippen molar-refractivity contribution in [1.29, 1.82) is 0 Å². The maximum absolute atomic E-state index is 10.7. The van der Waals surface area contributed by atoms with E-state index >= 15 is 0 Å². The van der Waals surface area contributed by atoms with Gasteiger partial charge in [0.05, 0.1) is 12.8 Å². The van der Waals surface area contributed by atoms with Gasteiger partial charge in [0.1, 0.15) is 0 Å². The summed E-state index contributed by atoms with van der Waals surface area (Å²) in [6.07, 6.45) is 11.6. The number of hydrogen-bond acceptors (Lipinski definition) is 2. The van der Waals surface area contributed by atoms with Gasteiger partial charge in [-0.1, -0.05) is 62.7 Å². The van der Waals surface area contributed by atoms with E-state index in [0.717, 1.165) is 6.42 Å². The summed E-state index contributed by atoms with van der Waals surface area (Å²) in [5, 5.41) is 8.30. The third-order valence-electron chi connectivity index (χ3n) is 3.21. The van der Waals surface area contributed by atoms with Crippen molar-refractivity contribution in [2.24, 2.45) is 0 Å². The van der Waals surface area contributed by atoms with E-state index in [2.05, 4.69) is 42.4 Å². The summed E-state index contributed by atoms with van der Waals surface area (Å²) in [4.78, 5) is 10.7. The van der Waals surface area contributed by atoms with Crippen LogP contribution in [0.15, 0.2) is 0 Å². The summed E-state index contributed by atoms with van der Waals surface area (Å²) in [5.41, 5.74) is 1.60. The van der Waals surface area contributed by atoms with E-state index in [0.29, 0.717) is 32.1 Å². The molecule has 0 radical (unpaired) electrons. The molecule has 0 saturated carbocycles. The fourth-order valence-corrected chi connectivity index (χ4v) is 1.90. The van der Waals surface area contributed by atoms with Crippen LogP contribution in [0.4, 0.5) is 0 Å². The topological polar surface area (TPSA) is 49.3 Å². The van der Waals surface area contributed by atoms with Crippen LogP contribution in [0.2, 0.25) is 0 Å². The predicted molar refractivity (Wildman–Crippen MR) is 94.3 cm³/mol. The normalized spacial score (nSPS) is 8.78. The van der Waals surface area contributed by atoms with E-state index in [1.54, 1.807) is 5.48 Å². The van der Waals surface area contributed by atoms with Gasteiger partial charge in [-0.3, -0.25) is 10.0 Å². The van der Waals surface area contributed by atoms with Gasteiger partial charge >= 0.3 is 0 Å². The minimum Gasteiger partial charge on any atom is -0.289 e. The second-order valence-electron chi connectivity index (χ2n) is 5.32. The molecule has 0 aliphatic carbocycles. The number of hydrogen-bond donors (Lipinski definition) is 2. The minimum absolute atomic E-state index is 0.297. The highest BCUT2D eigenvalue weighted by Gasteiger charge is 1.95. The molecule has 23 heavy (non-hydrogen) atoms. The lowest BCUT2D eigenvalue weighted by Crippen LogP contribution is -2.17. The molecule has 0 saturated heterocycles. The highest BCUT2D eigenvalue weighted by Crippen LogP contribution is 2.06. The Balaban J connectivity index is 3.46. The summed E-state index contributed by atoms with van der Waals surface area (Å²) in [6.45, 7) is 2.23. The van der Waals surface area contributed by atoms with E-state index in [1.165, 1.54) is 38.5 Å². The standard InChI is InChI=1S/C20H29NO2/c1-2-3-4-5-6-7-8-9-10-11-12-13-14-15-16-17-18-19-20(22)21-23/h23H,2-8,11,14,17-19H2,1H3,(H,21,22). The molecule has 126 valence electrons. The summed E-state index contributed by atoms with van der Waals surface area (Å²) in [7, 11) is 0. The molecule has 0 spiro atoms. The van der Waals surface area contributed by atoms with Gasteiger partial charge in [0.25, 0.3) is 0 Å². The van der Waals surface area contributed by atoms with Gasteiger partial charge in [0.15, 0.2) is 0 Å². The van der Waals surface area contributed by atoms with Crippen molar-refractivity contribution in [1.82, 2.24) is 5.48 Å². The first-order chi connectivity index (χ1) is 11.3. The van der Waals surface area contributed by atoms with E-state index in [1.807, 2.05) is 0 Å². The highest BCUT2D eigenvalue weighted by molar-refractivity contribution is 5.74. The van der Waals surface area contributed by atoms with Crippen molar-refractivity contribution in [2.75, 3.05) is 0 Å². The van der Waals surface area contributed by atoms with Crippen LogP contribution in [0.3, 0.4) is 0 Å². The third kappa shape index (κ3) is 18.1. The van der Waals surface area contributed by atoms with Gasteiger partial charge in [-0.05, 0) is 12.8 Å². The van der Waals surface area contributed by atoms with Crippen LogP contribution in [-0.2, 0) is 4.79 Å². The number of unbranched alkanes of at least 4 members (excludes halogenated alkanes) is 7. The molecule has 0 heterocycles. The van der Waals surface area contributed by atoms with Crippen molar-refractivity contribution in [3.05, 3.63) is 0 Å². The quantitative estimate of drug-likeness (QED) is 0.290. The first kappa shape index (κ1) is 21.1. The second kappa shape index (κ2) is 18.2. The summed E-state index contributed by atoms with van der Waals surface area (Å²) >= 11 is 0. The highest BCUT2D eigenvalue weighted by atomic mass is 16.5. The van der Waals surface area contributed by atoms with Gasteiger partial charge in [-0.25, -0.2) is 5.48 Å². The molecule has 0 bridgehead atoms. The largest absolute Gasteiger partial charge is 0.289 e. The molecule has 2 N–H and O–H groups in total. The Morgan fingerprint density at radius 3 is 1.91 bits per heavy atom. The first-order valence-corrected chi connectivity index (χ1v) is 8.61. The van der Waals surface area contributed by atoms with E-state index < -0.39 is 0 Å². The average Bonchev–Trinajstić information content (AvgIpc) is 2.57. The van der Waals surface area contributed by atoms with Gasteiger partial charge < -0.3 is 0 Å². The number of nitrogens with one attached hydrogen (secondary N) is 1. The Kier molecular flexibility index (Phi) is 16.7. The van der Waals surface area contributed by atoms with E-state index in [4.69, 9.17) is 5.21 Å². The lowest BCUT2D eigenvalue weighted by atomic mass is 10.1. The number of amides is 1. The minimum atomic E-state index is -0.369. The summed E-state index contributed by atoms with van der Waals surface area (Å²) < 4.78 is 0. The predicted octanol–water partition coefficient (Wildman–Crippen LogP) is 4.20. The maximum atomic E-state index is 10.7. The van der Waals surface area contributed by atoms with Gasteiger partial charge in [0.2, 0.25) is 5.91 Å². The van der Waals surface area contributed by atoms with Crippen molar-refractivity contribution in [2.45, 2.75) is 84.0 Å². The van der Waals surface area contributed by atoms with E-state index in [9.17, 15) is 4.79 Å². The fourth-order valence-electron chi connectivity index (χ4n) is 1.90. The van der Waals surface area contributed by atoms with Crippen LogP contribution >= 0.6 is 0 Å². The third-order valence-corrected chi connectivity index (χ3v) is 3.21. The molecule has 0 aliphatic heterocycles. The second-order valence-corrected chi connectivity index (χ2v) is 5.32. The Morgan fingerprint density at radius 2 is 1.30 bits per heavy atom. The van der Waals surface area contributed by atoms with Gasteiger partial charge in [-0.2, -0.15) is 0 Å². The Hall–Kier alpha value is -1.89. The van der Waals surface area contributed by atoms with Crippen molar-refractivity contribution < 1.29 is 10.0 Å². The van der Waals surface area contributed by atoms with Crippen LogP contribution in [0, 0.1) is 35.5 Å². The molecule has 0 aliphatic rings. The Bertz CT molecular complexity index is 477. The number of rotatable bonds is 9. The van der Waals surface area contributed by atoms with E-state index in [-0.39, 0.29) is 5.91 Å². The zero-order valence-electron chi connectivity index (χ0n) is 14.3. The molecule has 0 unspecified atom stereocenters. The SMILES string of the molecule is CCCCCCCCC#CCC#CCC#CCCCC(=O)NO. The zero-order chi connectivity index (χ0) is 17.0. The van der Waals surface area contributed by atoms with Crippen molar-refractivity contribution in [3.8, 4) is 35.5 Å². The molecule has 3 heteroatoms.